The average molecular weight is 376 g/mol. The van der Waals surface area contributed by atoms with Crippen LogP contribution in [0.4, 0.5) is 0 Å². The van der Waals surface area contributed by atoms with Crippen molar-refractivity contribution < 1.29 is 8.42 Å². The second kappa shape index (κ2) is 7.73. The van der Waals surface area contributed by atoms with Crippen LogP contribution in [0.25, 0.3) is 0 Å². The molecule has 0 atom stereocenters. The molecule has 0 radical (unpaired) electrons. The van der Waals surface area contributed by atoms with E-state index >= 15 is 0 Å². The molecular formula is C12H17BrCl2O2S. The number of hydrogen-bond donors (Lipinski definition) is 0. The zero-order chi connectivity index (χ0) is 14.5. The highest BCUT2D eigenvalue weighted by molar-refractivity contribution is 9.10. The van der Waals surface area contributed by atoms with E-state index in [4.69, 9.17) is 8.42 Å². The lowest BCUT2D eigenvalue weighted by molar-refractivity contribution is 0.621. The van der Waals surface area contributed by atoms with Crippen LogP contribution in [0.2, 0.25) is 0 Å². The summed E-state index contributed by atoms with van der Waals surface area (Å²) in [5.41, 5.74) is 2.79. The molecule has 18 heavy (non-hydrogen) atoms. The Labute approximate surface area is 127 Å². The molecule has 0 aliphatic carbocycles. The van der Waals surface area contributed by atoms with Crippen LogP contribution in [-0.2, 0) is 8.26 Å². The van der Waals surface area contributed by atoms with Crippen molar-refractivity contribution in [1.82, 2.24) is 0 Å². The molecule has 0 saturated carbocycles. The normalized spacial score (nSPS) is 11.4. The van der Waals surface area contributed by atoms with Gasteiger partial charge in [0.2, 0.25) is 0 Å². The van der Waals surface area contributed by atoms with Gasteiger partial charge in [-0.2, -0.15) is 8.42 Å². The quantitative estimate of drug-likeness (QED) is 0.648. The third-order valence-corrected chi connectivity index (χ3v) is 3.00. The van der Waals surface area contributed by atoms with Crippen molar-refractivity contribution in [3.8, 4) is 0 Å². The number of halogens is 3. The first-order chi connectivity index (χ1) is 8.02. The Balaban J connectivity index is 0.000000494. The molecule has 0 aromatic heterocycles. The molecule has 0 unspecified atom stereocenters. The second-order valence-electron chi connectivity index (χ2n) is 4.47. The summed E-state index contributed by atoms with van der Waals surface area (Å²) >= 11 is 3.62. The van der Waals surface area contributed by atoms with Gasteiger partial charge in [0.05, 0.1) is 0 Å². The van der Waals surface area contributed by atoms with E-state index in [1.165, 1.54) is 15.6 Å². The van der Waals surface area contributed by atoms with Crippen molar-refractivity contribution in [3.05, 3.63) is 33.8 Å². The van der Waals surface area contributed by atoms with E-state index in [-0.39, 0.29) is 0 Å². The summed E-state index contributed by atoms with van der Waals surface area (Å²) in [5, 5.41) is 0. The van der Waals surface area contributed by atoms with Crippen molar-refractivity contribution >= 4 is 45.6 Å². The number of benzene rings is 1. The molecule has 104 valence electrons. The molecule has 0 saturated heterocycles. The van der Waals surface area contributed by atoms with Gasteiger partial charge in [-0.25, -0.2) is 0 Å². The van der Waals surface area contributed by atoms with Crippen molar-refractivity contribution in [2.75, 3.05) is 0 Å². The fourth-order valence-electron chi connectivity index (χ4n) is 1.37. The van der Waals surface area contributed by atoms with E-state index < -0.39 is 8.26 Å². The Morgan fingerprint density at radius 3 is 1.78 bits per heavy atom. The lowest BCUT2D eigenvalue weighted by atomic mass is 9.97. The van der Waals surface area contributed by atoms with Gasteiger partial charge in [-0.3, -0.25) is 0 Å². The minimum absolute atomic E-state index is 0.593. The summed E-state index contributed by atoms with van der Waals surface area (Å²) in [7, 11) is 4.81. The summed E-state index contributed by atoms with van der Waals surface area (Å²) in [6.45, 7) is 8.87. The molecule has 0 fully saturated rings. The average Bonchev–Trinajstić information content (AvgIpc) is 2.13. The number of hydrogen-bond acceptors (Lipinski definition) is 2. The highest BCUT2D eigenvalue weighted by Gasteiger charge is 2.06. The van der Waals surface area contributed by atoms with Gasteiger partial charge in [0.15, 0.2) is 0 Å². The fourth-order valence-corrected chi connectivity index (χ4v) is 2.23. The molecule has 6 heteroatoms. The molecule has 1 aromatic carbocycles. The first-order valence-electron chi connectivity index (χ1n) is 5.46. The van der Waals surface area contributed by atoms with E-state index in [2.05, 4.69) is 83.2 Å². The van der Waals surface area contributed by atoms with Gasteiger partial charge in [0.25, 0.3) is 0 Å². The Hall–Kier alpha value is 0.230. The Morgan fingerprint density at radius 1 is 1.06 bits per heavy atom. The molecule has 0 N–H and O–H groups in total. The maximum absolute atomic E-state index is 9.16. The van der Waals surface area contributed by atoms with E-state index in [1.807, 2.05) is 0 Å². The van der Waals surface area contributed by atoms with E-state index in [9.17, 15) is 0 Å². The molecule has 0 amide bonds. The SMILES string of the molecule is CC(C)c1ccc(C(C)C)c(Br)c1.O=S(=O)(Cl)Cl. The molecule has 0 aliphatic rings. The lowest BCUT2D eigenvalue weighted by Crippen LogP contribution is -1.92. The third-order valence-electron chi connectivity index (χ3n) is 2.31. The monoisotopic (exact) mass is 374 g/mol. The molecule has 0 heterocycles. The van der Waals surface area contributed by atoms with Crippen LogP contribution in [0.3, 0.4) is 0 Å². The van der Waals surface area contributed by atoms with Crippen LogP contribution in [0.1, 0.15) is 50.7 Å². The van der Waals surface area contributed by atoms with Gasteiger partial charge in [-0.1, -0.05) is 55.8 Å². The molecule has 0 aliphatic heterocycles. The van der Waals surface area contributed by atoms with Crippen LogP contribution in [0.5, 0.6) is 0 Å². The predicted octanol–water partition coefficient (Wildman–Crippen LogP) is 5.40. The first kappa shape index (κ1) is 18.2. The molecule has 1 rings (SSSR count). The minimum atomic E-state index is -3.72. The van der Waals surface area contributed by atoms with Crippen LogP contribution in [0.15, 0.2) is 22.7 Å². The molecule has 2 nitrogen and oxygen atoms in total. The largest absolute Gasteiger partial charge is 0.317 e. The smallest absolute Gasteiger partial charge is 0.195 e. The molecule has 0 spiro atoms. The Morgan fingerprint density at radius 2 is 1.50 bits per heavy atom. The highest BCUT2D eigenvalue weighted by atomic mass is 79.9. The summed E-state index contributed by atoms with van der Waals surface area (Å²) in [5.74, 6) is 1.20. The molecule has 1 aromatic rings. The summed E-state index contributed by atoms with van der Waals surface area (Å²) in [6, 6.07) is 6.69. The second-order valence-corrected chi connectivity index (χ2v) is 8.99. The van der Waals surface area contributed by atoms with Gasteiger partial charge >= 0.3 is 8.26 Å². The van der Waals surface area contributed by atoms with Crippen molar-refractivity contribution in [3.63, 3.8) is 0 Å². The van der Waals surface area contributed by atoms with E-state index in [1.54, 1.807) is 0 Å². The lowest BCUT2D eigenvalue weighted by Gasteiger charge is -2.11. The summed E-state index contributed by atoms with van der Waals surface area (Å²) in [4.78, 5) is 0. The highest BCUT2D eigenvalue weighted by Crippen LogP contribution is 2.28. The van der Waals surface area contributed by atoms with Gasteiger partial charge in [0.1, 0.15) is 0 Å². The summed E-state index contributed by atoms with van der Waals surface area (Å²) in [6.07, 6.45) is 0. The Kier molecular flexibility index (Phi) is 7.83. The molecular weight excluding hydrogens is 359 g/mol. The number of rotatable bonds is 2. The zero-order valence-corrected chi connectivity index (χ0v) is 14.7. The maximum atomic E-state index is 9.16. The van der Waals surface area contributed by atoms with E-state index in [0.29, 0.717) is 11.8 Å². The van der Waals surface area contributed by atoms with Crippen LogP contribution >= 0.6 is 37.3 Å². The van der Waals surface area contributed by atoms with Gasteiger partial charge in [-0.15, -0.1) is 0 Å². The van der Waals surface area contributed by atoms with Crippen molar-refractivity contribution in [2.24, 2.45) is 0 Å². The minimum Gasteiger partial charge on any atom is -0.195 e. The Bertz CT molecular complexity index is 477. The topological polar surface area (TPSA) is 34.1 Å². The zero-order valence-electron chi connectivity index (χ0n) is 10.7. The van der Waals surface area contributed by atoms with Crippen molar-refractivity contribution in [1.29, 1.82) is 0 Å². The third kappa shape index (κ3) is 8.35. The predicted molar refractivity (Wildman–Crippen MR) is 82.9 cm³/mol. The standard InChI is InChI=1S/C12H17Br.Cl2O2S/c1-8(2)10-5-6-11(9(3)4)12(13)7-10;1-5(2,3)4/h5-9H,1-4H3;. The maximum Gasteiger partial charge on any atom is 0.317 e. The molecule has 0 bridgehead atoms. The fraction of sp³-hybridized carbons (Fsp3) is 0.500. The van der Waals surface area contributed by atoms with Crippen molar-refractivity contribution in [2.45, 2.75) is 39.5 Å². The van der Waals surface area contributed by atoms with E-state index in [0.717, 1.165) is 0 Å². The van der Waals surface area contributed by atoms with Gasteiger partial charge in [-0.05, 0) is 29.0 Å². The van der Waals surface area contributed by atoms with Gasteiger partial charge in [0, 0.05) is 25.8 Å². The van der Waals surface area contributed by atoms with Crippen LogP contribution < -0.4 is 0 Å². The van der Waals surface area contributed by atoms with Gasteiger partial charge < -0.3 is 0 Å². The first-order valence-corrected chi connectivity index (χ1v) is 9.38. The summed E-state index contributed by atoms with van der Waals surface area (Å²) < 4.78 is 19.6. The van der Waals surface area contributed by atoms with Crippen LogP contribution in [-0.4, -0.2) is 8.42 Å². The van der Waals surface area contributed by atoms with Crippen LogP contribution in [0, 0.1) is 0 Å².